The Morgan fingerprint density at radius 2 is 1.71 bits per heavy atom. The van der Waals surface area contributed by atoms with Gasteiger partial charge in [0.25, 0.3) is 5.91 Å². The van der Waals surface area contributed by atoms with Gasteiger partial charge in [0.2, 0.25) is 11.8 Å². The minimum atomic E-state index is -0.306. The van der Waals surface area contributed by atoms with E-state index in [0.717, 1.165) is 23.3 Å². The molecule has 0 N–H and O–H groups in total. The van der Waals surface area contributed by atoms with Crippen LogP contribution in [0, 0.1) is 18.8 Å². The van der Waals surface area contributed by atoms with Crippen LogP contribution >= 0.6 is 0 Å². The molecule has 2 fully saturated rings. The molecule has 2 amide bonds. The van der Waals surface area contributed by atoms with E-state index in [2.05, 4.69) is 0 Å². The third-order valence-electron chi connectivity index (χ3n) is 6.14. The maximum Gasteiger partial charge on any atom is 0.252 e. The molecule has 0 bridgehead atoms. The summed E-state index contributed by atoms with van der Waals surface area (Å²) in [5.74, 6) is -1.33. The lowest BCUT2D eigenvalue weighted by Gasteiger charge is -2.19. The van der Waals surface area contributed by atoms with Gasteiger partial charge in [-0.2, -0.15) is 0 Å². The van der Waals surface area contributed by atoms with Crippen LogP contribution < -0.4 is 5.49 Å². The van der Waals surface area contributed by atoms with Gasteiger partial charge < -0.3 is 0 Å². The van der Waals surface area contributed by atoms with Crippen LogP contribution in [0.2, 0.25) is 0 Å². The number of pyridine rings is 1. The molecule has 1 aromatic rings. The maximum absolute atomic E-state index is 13.0. The lowest BCUT2D eigenvalue weighted by atomic mass is 9.85. The highest BCUT2D eigenvalue weighted by molar-refractivity contribution is 6.07. The van der Waals surface area contributed by atoms with E-state index in [0.29, 0.717) is 18.3 Å². The number of hydrogen-bond acceptors (Lipinski definition) is 4. The first-order valence-electron chi connectivity index (χ1n) is 10.3. The van der Waals surface area contributed by atoms with Crippen LogP contribution in [-0.2, 0) is 9.59 Å². The highest BCUT2D eigenvalue weighted by Gasteiger charge is 2.47. The van der Waals surface area contributed by atoms with Gasteiger partial charge >= 0.3 is 0 Å². The van der Waals surface area contributed by atoms with Crippen LogP contribution in [0.4, 0.5) is 0 Å². The second-order valence-corrected chi connectivity index (χ2v) is 8.17. The van der Waals surface area contributed by atoms with Crippen molar-refractivity contribution in [2.45, 2.75) is 57.9 Å². The second kappa shape index (κ2) is 7.86. The highest BCUT2D eigenvalue weighted by atomic mass is 16.2. The molecule has 0 spiro atoms. The van der Waals surface area contributed by atoms with Gasteiger partial charge in [-0.25, -0.2) is 0 Å². The molecule has 148 valence electrons. The Bertz CT molecular complexity index is 867. The Morgan fingerprint density at radius 3 is 2.36 bits per heavy atom. The first-order valence-corrected chi connectivity index (χ1v) is 10.3. The van der Waals surface area contributed by atoms with Crippen LogP contribution in [0.15, 0.2) is 35.5 Å². The summed E-state index contributed by atoms with van der Waals surface area (Å²) in [4.78, 5) is 44.3. The summed E-state index contributed by atoms with van der Waals surface area (Å²) in [5.41, 5.74) is 1.65. The van der Waals surface area contributed by atoms with Gasteiger partial charge in [0.15, 0.2) is 0 Å². The van der Waals surface area contributed by atoms with E-state index in [1.165, 1.54) is 23.8 Å². The topological polar surface area (TPSA) is 71.7 Å². The summed E-state index contributed by atoms with van der Waals surface area (Å²) in [6.07, 6.45) is 12.4. The normalized spacial score (nSPS) is 26.0. The molecule has 3 aliphatic rings. The van der Waals surface area contributed by atoms with Gasteiger partial charge in [-0.1, -0.05) is 31.4 Å². The molecule has 0 unspecified atom stereocenters. The lowest BCUT2D eigenvalue weighted by Crippen LogP contribution is -2.41. The average molecular weight is 381 g/mol. The zero-order valence-corrected chi connectivity index (χ0v) is 16.3. The molecular formula is C22H27N3O3. The van der Waals surface area contributed by atoms with Gasteiger partial charge in [0, 0.05) is 6.20 Å². The van der Waals surface area contributed by atoms with Gasteiger partial charge in [-0.05, 0) is 50.3 Å². The number of amides is 2. The molecular weight excluding hydrogens is 354 g/mol. The number of aromatic nitrogens is 1. The molecule has 2 atom stereocenters. The van der Waals surface area contributed by atoms with Crippen molar-refractivity contribution in [2.75, 3.05) is 6.54 Å². The first-order chi connectivity index (χ1) is 13.5. The Morgan fingerprint density at radius 1 is 1.07 bits per heavy atom. The van der Waals surface area contributed by atoms with E-state index in [1.807, 2.05) is 31.2 Å². The zero-order chi connectivity index (χ0) is 19.7. The fourth-order valence-corrected chi connectivity index (χ4v) is 4.53. The van der Waals surface area contributed by atoms with Crippen molar-refractivity contribution >= 4 is 17.7 Å². The molecule has 0 radical (unpaired) electrons. The number of carbonyl (C=O) groups is 3. The van der Waals surface area contributed by atoms with Gasteiger partial charge in [0.1, 0.15) is 12.0 Å². The van der Waals surface area contributed by atoms with Gasteiger partial charge in [0.05, 0.1) is 17.9 Å². The Hall–Kier alpha value is -2.50. The minimum absolute atomic E-state index is 0.216. The summed E-state index contributed by atoms with van der Waals surface area (Å²) >= 11 is 0. The summed E-state index contributed by atoms with van der Waals surface area (Å²) in [6.45, 7) is 1.76. The predicted molar refractivity (Wildman–Crippen MR) is 104 cm³/mol. The van der Waals surface area contributed by atoms with Crippen molar-refractivity contribution < 1.29 is 14.4 Å². The summed E-state index contributed by atoms with van der Waals surface area (Å²) in [5, 5.41) is 0. The van der Waals surface area contributed by atoms with Crippen molar-refractivity contribution in [1.29, 1.82) is 0 Å². The van der Waals surface area contributed by atoms with Crippen molar-refractivity contribution in [3.63, 3.8) is 0 Å². The molecule has 1 aromatic heterocycles. The molecule has 28 heavy (non-hydrogen) atoms. The minimum Gasteiger partial charge on any atom is -0.274 e. The molecule has 1 aliphatic heterocycles. The largest absolute Gasteiger partial charge is 0.274 e. The molecule has 2 heterocycles. The number of aryl methyl sites for hydroxylation is 1. The number of nitrogens with zero attached hydrogens (tertiary/aromatic N) is 3. The number of allylic oxidation sites excluding steroid dienone is 2. The van der Waals surface area contributed by atoms with E-state index in [9.17, 15) is 14.4 Å². The van der Waals surface area contributed by atoms with E-state index in [-0.39, 0.29) is 42.1 Å². The lowest BCUT2D eigenvalue weighted by molar-refractivity contribution is -0.139. The number of hydrogen-bond donors (Lipinski definition) is 0. The fraction of sp³-hybridized carbons (Fsp3) is 0.545. The van der Waals surface area contributed by atoms with E-state index in [4.69, 9.17) is 4.99 Å². The SMILES string of the molecule is Cc1ccn(C(=O)CN2C(=O)[C@@H]3CC=CC[C@H]3C2=O)c(=NC2CCCCC2)c1. The van der Waals surface area contributed by atoms with Crippen molar-refractivity contribution in [1.82, 2.24) is 9.47 Å². The van der Waals surface area contributed by atoms with Crippen molar-refractivity contribution in [2.24, 2.45) is 16.8 Å². The molecule has 0 aromatic carbocycles. The fourth-order valence-electron chi connectivity index (χ4n) is 4.53. The molecule has 6 heteroatoms. The summed E-state index contributed by atoms with van der Waals surface area (Å²) < 4.78 is 1.50. The average Bonchev–Trinajstić information content (AvgIpc) is 2.94. The number of imide groups is 1. The van der Waals surface area contributed by atoms with Crippen LogP contribution in [0.1, 0.15) is 55.3 Å². The first kappa shape index (κ1) is 18.8. The van der Waals surface area contributed by atoms with E-state index < -0.39 is 0 Å². The monoisotopic (exact) mass is 381 g/mol. The van der Waals surface area contributed by atoms with Crippen LogP contribution in [0.3, 0.4) is 0 Å². The standard InChI is InChI=1S/C22H27N3O3/c1-15-11-12-24(19(13-15)23-16-7-3-2-4-8-16)20(26)14-25-21(27)17-9-5-6-10-18(17)22(25)28/h5-6,11-13,16-18H,2-4,7-10,14H2,1H3/t17-,18-/m1/s1. The number of likely N-dealkylation sites (tertiary alicyclic amines) is 1. The quantitative estimate of drug-likeness (QED) is 0.597. The molecule has 2 aliphatic carbocycles. The number of rotatable bonds is 3. The van der Waals surface area contributed by atoms with E-state index in [1.54, 1.807) is 6.20 Å². The van der Waals surface area contributed by atoms with Crippen LogP contribution in [-0.4, -0.2) is 39.8 Å². The summed E-state index contributed by atoms with van der Waals surface area (Å²) in [6, 6.07) is 4.00. The smallest absolute Gasteiger partial charge is 0.252 e. The van der Waals surface area contributed by atoms with Gasteiger partial charge in [-0.3, -0.25) is 28.8 Å². The molecule has 4 rings (SSSR count). The number of fused-ring (bicyclic) bond motifs is 1. The number of carbonyl (C=O) groups excluding carboxylic acids is 3. The molecule has 6 nitrogen and oxygen atoms in total. The van der Waals surface area contributed by atoms with Crippen molar-refractivity contribution in [3.05, 3.63) is 41.5 Å². The third kappa shape index (κ3) is 3.60. The zero-order valence-electron chi connectivity index (χ0n) is 16.3. The second-order valence-electron chi connectivity index (χ2n) is 8.17. The Labute approximate surface area is 164 Å². The van der Waals surface area contributed by atoms with Crippen LogP contribution in [0.5, 0.6) is 0 Å². The predicted octanol–water partition coefficient (Wildman–Crippen LogP) is 2.62. The van der Waals surface area contributed by atoms with Crippen LogP contribution in [0.25, 0.3) is 0 Å². The Kier molecular flexibility index (Phi) is 5.29. The highest BCUT2D eigenvalue weighted by Crippen LogP contribution is 2.34. The third-order valence-corrected chi connectivity index (χ3v) is 6.14. The maximum atomic E-state index is 13.0. The molecule has 1 saturated heterocycles. The molecule has 1 saturated carbocycles. The Balaban J connectivity index is 1.58. The van der Waals surface area contributed by atoms with E-state index >= 15 is 0 Å². The summed E-state index contributed by atoms with van der Waals surface area (Å²) in [7, 11) is 0. The van der Waals surface area contributed by atoms with Gasteiger partial charge in [-0.15, -0.1) is 0 Å². The van der Waals surface area contributed by atoms with Crippen molar-refractivity contribution in [3.8, 4) is 0 Å².